The average Bonchev–Trinajstić information content (AvgIpc) is 3.26. The second-order valence-corrected chi connectivity index (χ2v) is 15.1. The molecule has 0 spiro atoms. The fraction of sp³-hybridized carbons (Fsp3) is 0.545. The Bertz CT molecular complexity index is 1380. The van der Waals surface area contributed by atoms with Crippen LogP contribution in [0.15, 0.2) is 134 Å². The Balaban J connectivity index is 4.54. The Labute approximate surface area is 373 Å². The lowest BCUT2D eigenvalue weighted by Gasteiger charge is -2.18. The Hall–Kier alpha value is -4.45. The topological polar surface area (TPSA) is 78.9 Å². The predicted octanol–water partition coefficient (Wildman–Crippen LogP) is 15.5. The second kappa shape index (κ2) is 48.2. The van der Waals surface area contributed by atoms with Crippen LogP contribution in [0.2, 0.25) is 0 Å². The largest absolute Gasteiger partial charge is 0.462 e. The van der Waals surface area contributed by atoms with Crippen LogP contribution < -0.4 is 0 Å². The molecule has 6 heteroatoms. The molecular formula is C55H84O6. The number of carbonyl (C=O) groups excluding carboxylic acids is 3. The van der Waals surface area contributed by atoms with Crippen LogP contribution in [0.3, 0.4) is 0 Å². The first kappa shape index (κ1) is 56.5. The predicted molar refractivity (Wildman–Crippen MR) is 260 cm³/mol. The van der Waals surface area contributed by atoms with Crippen LogP contribution in [0.5, 0.6) is 0 Å². The minimum atomic E-state index is -0.815. The molecule has 0 N–H and O–H groups in total. The van der Waals surface area contributed by atoms with Gasteiger partial charge < -0.3 is 14.2 Å². The lowest BCUT2D eigenvalue weighted by atomic mass is 10.1. The molecule has 0 aromatic heterocycles. The van der Waals surface area contributed by atoms with E-state index in [0.717, 1.165) is 116 Å². The molecule has 340 valence electrons. The molecular weight excluding hydrogens is 757 g/mol. The summed E-state index contributed by atoms with van der Waals surface area (Å²) in [6.07, 6.45) is 67.1. The van der Waals surface area contributed by atoms with Crippen molar-refractivity contribution >= 4 is 17.9 Å². The average molecular weight is 841 g/mol. The molecule has 0 fully saturated rings. The maximum atomic E-state index is 12.8. The zero-order valence-corrected chi connectivity index (χ0v) is 38.6. The third-order valence-electron chi connectivity index (χ3n) is 9.38. The lowest BCUT2D eigenvalue weighted by Crippen LogP contribution is -2.30. The molecule has 0 aromatic rings. The van der Waals surface area contributed by atoms with Crippen molar-refractivity contribution in [2.45, 2.75) is 181 Å². The van der Waals surface area contributed by atoms with Gasteiger partial charge in [-0.1, -0.05) is 212 Å². The monoisotopic (exact) mass is 841 g/mol. The first-order chi connectivity index (χ1) is 30.0. The van der Waals surface area contributed by atoms with E-state index in [4.69, 9.17) is 14.2 Å². The highest BCUT2D eigenvalue weighted by Crippen LogP contribution is 2.13. The summed E-state index contributed by atoms with van der Waals surface area (Å²) in [7, 11) is 0. The van der Waals surface area contributed by atoms with E-state index in [1.165, 1.54) is 19.3 Å². The third kappa shape index (κ3) is 46.5. The maximum absolute atomic E-state index is 12.8. The van der Waals surface area contributed by atoms with E-state index in [9.17, 15) is 14.4 Å². The fourth-order valence-corrected chi connectivity index (χ4v) is 5.87. The minimum absolute atomic E-state index is 0.114. The number of hydrogen-bond acceptors (Lipinski definition) is 6. The Morgan fingerprint density at radius 3 is 0.934 bits per heavy atom. The highest BCUT2D eigenvalue weighted by molar-refractivity contribution is 5.71. The van der Waals surface area contributed by atoms with Gasteiger partial charge in [-0.05, 0) is 77.0 Å². The van der Waals surface area contributed by atoms with Gasteiger partial charge in [0.05, 0.1) is 0 Å². The molecule has 0 saturated carbocycles. The van der Waals surface area contributed by atoms with Gasteiger partial charge in [0, 0.05) is 19.3 Å². The number of carbonyl (C=O) groups is 3. The fourth-order valence-electron chi connectivity index (χ4n) is 5.87. The van der Waals surface area contributed by atoms with E-state index in [-0.39, 0.29) is 31.1 Å². The molecule has 0 aliphatic rings. The summed E-state index contributed by atoms with van der Waals surface area (Å²) < 4.78 is 16.7. The van der Waals surface area contributed by atoms with Crippen LogP contribution >= 0.6 is 0 Å². The number of hydrogen-bond donors (Lipinski definition) is 0. The van der Waals surface area contributed by atoms with Crippen molar-refractivity contribution in [1.29, 1.82) is 0 Å². The second-order valence-electron chi connectivity index (χ2n) is 15.1. The van der Waals surface area contributed by atoms with Crippen LogP contribution in [0.25, 0.3) is 0 Å². The first-order valence-electron chi connectivity index (χ1n) is 23.8. The van der Waals surface area contributed by atoms with E-state index in [1.807, 2.05) is 60.8 Å². The molecule has 0 bridgehead atoms. The summed E-state index contributed by atoms with van der Waals surface area (Å²) in [5, 5.41) is 0. The summed E-state index contributed by atoms with van der Waals surface area (Å²) in [6.45, 7) is 6.13. The van der Waals surface area contributed by atoms with Crippen LogP contribution in [-0.2, 0) is 28.6 Å². The van der Waals surface area contributed by atoms with Crippen molar-refractivity contribution in [3.05, 3.63) is 134 Å². The highest BCUT2D eigenvalue weighted by Gasteiger charge is 2.19. The van der Waals surface area contributed by atoms with Gasteiger partial charge in [0.1, 0.15) is 13.2 Å². The molecule has 0 saturated heterocycles. The van der Waals surface area contributed by atoms with E-state index in [0.29, 0.717) is 19.3 Å². The number of allylic oxidation sites excluding steroid dienone is 22. The highest BCUT2D eigenvalue weighted by atomic mass is 16.6. The summed E-state index contributed by atoms with van der Waals surface area (Å²) in [5.41, 5.74) is 0. The molecule has 0 radical (unpaired) electrons. The normalized spacial score (nSPS) is 13.3. The van der Waals surface area contributed by atoms with Gasteiger partial charge in [0.15, 0.2) is 6.10 Å². The number of rotatable bonds is 40. The Morgan fingerprint density at radius 2 is 0.590 bits per heavy atom. The Morgan fingerprint density at radius 1 is 0.328 bits per heavy atom. The van der Waals surface area contributed by atoms with Gasteiger partial charge in [-0.2, -0.15) is 0 Å². The van der Waals surface area contributed by atoms with Crippen LogP contribution in [0.1, 0.15) is 175 Å². The van der Waals surface area contributed by atoms with Crippen molar-refractivity contribution in [2.75, 3.05) is 13.2 Å². The molecule has 0 rings (SSSR count). The van der Waals surface area contributed by atoms with E-state index in [1.54, 1.807) is 0 Å². The number of ether oxygens (including phenoxy) is 3. The van der Waals surface area contributed by atoms with E-state index in [2.05, 4.69) is 93.7 Å². The van der Waals surface area contributed by atoms with Crippen molar-refractivity contribution < 1.29 is 28.6 Å². The van der Waals surface area contributed by atoms with Crippen LogP contribution in [0.4, 0.5) is 0 Å². The van der Waals surface area contributed by atoms with Gasteiger partial charge in [0.25, 0.3) is 0 Å². The molecule has 0 heterocycles. The summed E-state index contributed by atoms with van der Waals surface area (Å²) in [5.74, 6) is -1.00. The maximum Gasteiger partial charge on any atom is 0.306 e. The first-order valence-corrected chi connectivity index (χ1v) is 23.8. The van der Waals surface area contributed by atoms with Crippen LogP contribution in [-0.4, -0.2) is 37.2 Å². The van der Waals surface area contributed by atoms with Crippen LogP contribution in [0, 0.1) is 0 Å². The molecule has 0 aliphatic heterocycles. The minimum Gasteiger partial charge on any atom is -0.462 e. The van der Waals surface area contributed by atoms with Gasteiger partial charge in [-0.3, -0.25) is 14.4 Å². The quantitative estimate of drug-likeness (QED) is 0.0265. The van der Waals surface area contributed by atoms with Gasteiger partial charge in [-0.15, -0.1) is 0 Å². The standard InChI is InChI=1S/C55H84O6/c1-4-7-10-13-16-19-22-25-27-30-33-36-39-42-45-48-54(57)60-51-52(50-59-53(56)47-44-41-38-35-32-29-24-21-18-15-12-9-6-3)61-55(58)49-46-43-40-37-34-31-28-26-23-20-17-14-11-8-5-2/h7-25,27,29,32,52H,4-6,26,28,30-31,33-51H2,1-3H3/b10-7+,11-8+,12-9+,16-13+,17-14+,18-15+,22-19+,23-20+,24-21+,27-25+,32-29+. The molecule has 1 unspecified atom stereocenters. The third-order valence-corrected chi connectivity index (χ3v) is 9.38. The summed E-state index contributed by atoms with van der Waals surface area (Å²) >= 11 is 0. The SMILES string of the molecule is CC/C=C/C=C/C=C/C=C/CCCCCCCC(=O)OCC(COC(=O)CCCCC/C=C/C=C/C=C/C=C/CC)OC(=O)CCCCCCCCC/C=C/C=C/C=C/CC. The molecule has 6 nitrogen and oxygen atoms in total. The molecule has 0 aliphatic carbocycles. The number of unbranched alkanes of at least 4 members (excludes halogenated alkanes) is 15. The molecule has 0 aromatic carbocycles. The van der Waals surface area contributed by atoms with E-state index < -0.39 is 6.10 Å². The van der Waals surface area contributed by atoms with Crippen molar-refractivity contribution in [3.8, 4) is 0 Å². The number of esters is 3. The zero-order chi connectivity index (χ0) is 44.4. The zero-order valence-electron chi connectivity index (χ0n) is 38.6. The summed E-state index contributed by atoms with van der Waals surface area (Å²) in [4.78, 5) is 37.9. The Kier molecular flexibility index (Phi) is 44.7. The van der Waals surface area contributed by atoms with Crippen molar-refractivity contribution in [2.24, 2.45) is 0 Å². The molecule has 61 heavy (non-hydrogen) atoms. The van der Waals surface area contributed by atoms with Gasteiger partial charge in [-0.25, -0.2) is 0 Å². The van der Waals surface area contributed by atoms with Crippen molar-refractivity contribution in [3.63, 3.8) is 0 Å². The van der Waals surface area contributed by atoms with Crippen molar-refractivity contribution in [1.82, 2.24) is 0 Å². The van der Waals surface area contributed by atoms with Gasteiger partial charge in [0.2, 0.25) is 0 Å². The smallest absolute Gasteiger partial charge is 0.306 e. The molecule has 0 amide bonds. The lowest BCUT2D eigenvalue weighted by molar-refractivity contribution is -0.167. The van der Waals surface area contributed by atoms with Gasteiger partial charge >= 0.3 is 17.9 Å². The summed E-state index contributed by atoms with van der Waals surface area (Å²) in [6, 6.07) is 0. The molecule has 1 atom stereocenters. The van der Waals surface area contributed by atoms with E-state index >= 15 is 0 Å².